The lowest BCUT2D eigenvalue weighted by atomic mass is 10.1. The van der Waals surface area contributed by atoms with E-state index in [9.17, 15) is 0 Å². The predicted molar refractivity (Wildman–Crippen MR) is 63.9 cm³/mol. The molecule has 1 aromatic carbocycles. The Kier molecular flexibility index (Phi) is 3.28. The molecule has 0 saturated heterocycles. The number of benzene rings is 1. The fraction of sp³-hybridized carbons (Fsp3) is 0.167. The summed E-state index contributed by atoms with van der Waals surface area (Å²) < 4.78 is 1.97. The monoisotopic (exact) mass is 229 g/mol. The Balaban J connectivity index is 2.11. The van der Waals surface area contributed by atoms with Gasteiger partial charge in [0.15, 0.2) is 5.16 Å². The van der Waals surface area contributed by atoms with Gasteiger partial charge in [-0.25, -0.2) is 4.98 Å². The van der Waals surface area contributed by atoms with Gasteiger partial charge in [-0.3, -0.25) is 0 Å². The van der Waals surface area contributed by atoms with Gasteiger partial charge >= 0.3 is 0 Å². The zero-order valence-electron chi connectivity index (χ0n) is 8.92. The summed E-state index contributed by atoms with van der Waals surface area (Å²) in [6.07, 6.45) is 3.69. The zero-order chi connectivity index (χ0) is 11.4. The van der Waals surface area contributed by atoms with Crippen LogP contribution in [0.4, 0.5) is 0 Å². The van der Waals surface area contributed by atoms with Crippen LogP contribution in [0, 0.1) is 11.3 Å². The van der Waals surface area contributed by atoms with Crippen LogP contribution in [0.5, 0.6) is 0 Å². The van der Waals surface area contributed by atoms with Crippen molar-refractivity contribution in [2.24, 2.45) is 7.05 Å². The van der Waals surface area contributed by atoms with Gasteiger partial charge in [0, 0.05) is 25.2 Å². The second-order valence-corrected chi connectivity index (χ2v) is 4.32. The van der Waals surface area contributed by atoms with E-state index >= 15 is 0 Å². The van der Waals surface area contributed by atoms with Crippen LogP contribution in [0.25, 0.3) is 0 Å². The maximum Gasteiger partial charge on any atom is 0.167 e. The quantitative estimate of drug-likeness (QED) is 0.760. The number of imidazole rings is 1. The summed E-state index contributed by atoms with van der Waals surface area (Å²) >= 11 is 1.64. The Hall–Kier alpha value is -1.73. The summed E-state index contributed by atoms with van der Waals surface area (Å²) in [6.45, 7) is 0. The maximum absolute atomic E-state index is 8.95. The molecule has 0 N–H and O–H groups in total. The number of aromatic nitrogens is 2. The van der Waals surface area contributed by atoms with E-state index in [1.807, 2.05) is 42.1 Å². The van der Waals surface area contributed by atoms with Crippen LogP contribution in [0.3, 0.4) is 0 Å². The number of hydrogen-bond acceptors (Lipinski definition) is 3. The number of thioether (sulfide) groups is 1. The second kappa shape index (κ2) is 4.86. The highest BCUT2D eigenvalue weighted by Gasteiger charge is 2.04. The number of hydrogen-bond donors (Lipinski definition) is 0. The highest BCUT2D eigenvalue weighted by molar-refractivity contribution is 7.98. The molecule has 0 radical (unpaired) electrons. The lowest BCUT2D eigenvalue weighted by Gasteiger charge is -2.03. The van der Waals surface area contributed by atoms with Gasteiger partial charge in [0.1, 0.15) is 0 Å². The molecular formula is C12H11N3S. The first kappa shape index (κ1) is 10.8. The number of nitrogens with zero attached hydrogens (tertiary/aromatic N) is 3. The standard InChI is InChI=1S/C12H11N3S/c1-15-7-6-14-12(15)16-9-11-5-3-2-4-10(11)8-13/h2-7H,9H2,1H3. The average Bonchev–Trinajstić information content (AvgIpc) is 2.72. The molecule has 1 aromatic heterocycles. The van der Waals surface area contributed by atoms with Crippen molar-refractivity contribution >= 4 is 11.8 Å². The minimum Gasteiger partial charge on any atom is -0.329 e. The van der Waals surface area contributed by atoms with Gasteiger partial charge in [-0.1, -0.05) is 30.0 Å². The largest absolute Gasteiger partial charge is 0.329 e. The Morgan fingerprint density at radius 1 is 1.44 bits per heavy atom. The molecule has 0 spiro atoms. The van der Waals surface area contributed by atoms with Crippen LogP contribution in [0.2, 0.25) is 0 Å². The van der Waals surface area contributed by atoms with Crippen LogP contribution in [0.15, 0.2) is 41.8 Å². The van der Waals surface area contributed by atoms with Crippen LogP contribution in [-0.4, -0.2) is 9.55 Å². The van der Waals surface area contributed by atoms with Crippen molar-refractivity contribution in [2.75, 3.05) is 0 Å². The van der Waals surface area contributed by atoms with Crippen molar-refractivity contribution in [3.63, 3.8) is 0 Å². The number of rotatable bonds is 3. The normalized spacial score (nSPS) is 10.0. The highest BCUT2D eigenvalue weighted by atomic mass is 32.2. The molecule has 0 aliphatic carbocycles. The molecule has 80 valence electrons. The van der Waals surface area contributed by atoms with E-state index in [4.69, 9.17) is 5.26 Å². The number of nitriles is 1. The van der Waals surface area contributed by atoms with Gasteiger partial charge in [0.05, 0.1) is 11.6 Å². The van der Waals surface area contributed by atoms with E-state index in [-0.39, 0.29) is 0 Å². The fourth-order valence-corrected chi connectivity index (χ4v) is 2.32. The molecule has 0 aliphatic heterocycles. The van der Waals surface area contributed by atoms with E-state index in [1.165, 1.54) is 0 Å². The Morgan fingerprint density at radius 3 is 2.94 bits per heavy atom. The summed E-state index contributed by atoms with van der Waals surface area (Å²) in [4.78, 5) is 4.23. The Bertz CT molecular complexity index is 525. The fourth-order valence-electron chi connectivity index (χ4n) is 1.39. The Labute approximate surface area is 98.7 Å². The molecule has 2 rings (SSSR count). The van der Waals surface area contributed by atoms with Crippen molar-refractivity contribution in [1.29, 1.82) is 5.26 Å². The molecule has 4 heteroatoms. The predicted octanol–water partition coefficient (Wildman–Crippen LogP) is 2.58. The second-order valence-electron chi connectivity index (χ2n) is 3.38. The summed E-state index contributed by atoms with van der Waals surface area (Å²) in [5.41, 5.74) is 1.79. The van der Waals surface area contributed by atoms with E-state index in [1.54, 1.807) is 18.0 Å². The van der Waals surface area contributed by atoms with Crippen LogP contribution in [-0.2, 0) is 12.8 Å². The summed E-state index contributed by atoms with van der Waals surface area (Å²) in [7, 11) is 1.96. The van der Waals surface area contributed by atoms with Crippen LogP contribution < -0.4 is 0 Å². The first-order chi connectivity index (χ1) is 7.81. The first-order valence-electron chi connectivity index (χ1n) is 4.89. The molecule has 16 heavy (non-hydrogen) atoms. The van der Waals surface area contributed by atoms with Gasteiger partial charge < -0.3 is 4.57 Å². The van der Waals surface area contributed by atoms with Crippen molar-refractivity contribution in [1.82, 2.24) is 9.55 Å². The van der Waals surface area contributed by atoms with Gasteiger partial charge in [-0.2, -0.15) is 5.26 Å². The van der Waals surface area contributed by atoms with Crippen LogP contribution in [0.1, 0.15) is 11.1 Å². The van der Waals surface area contributed by atoms with Gasteiger partial charge in [-0.05, 0) is 11.6 Å². The highest BCUT2D eigenvalue weighted by Crippen LogP contribution is 2.22. The van der Waals surface area contributed by atoms with E-state index in [0.29, 0.717) is 0 Å². The molecule has 0 bridgehead atoms. The maximum atomic E-state index is 8.95. The van der Waals surface area contributed by atoms with Crippen molar-refractivity contribution < 1.29 is 0 Å². The number of aryl methyl sites for hydroxylation is 1. The molecular weight excluding hydrogens is 218 g/mol. The average molecular weight is 229 g/mol. The van der Waals surface area contributed by atoms with E-state index < -0.39 is 0 Å². The third-order valence-electron chi connectivity index (χ3n) is 2.27. The molecule has 0 aliphatic rings. The third kappa shape index (κ3) is 2.26. The molecule has 0 unspecified atom stereocenters. The van der Waals surface area contributed by atoms with E-state index in [0.717, 1.165) is 22.0 Å². The molecule has 3 nitrogen and oxygen atoms in total. The lowest BCUT2D eigenvalue weighted by molar-refractivity contribution is 0.790. The van der Waals surface area contributed by atoms with Crippen molar-refractivity contribution in [3.05, 3.63) is 47.8 Å². The topological polar surface area (TPSA) is 41.6 Å². The molecule has 0 amide bonds. The minimum atomic E-state index is 0.740. The first-order valence-corrected chi connectivity index (χ1v) is 5.88. The third-order valence-corrected chi connectivity index (χ3v) is 3.38. The van der Waals surface area contributed by atoms with Gasteiger partial charge in [-0.15, -0.1) is 0 Å². The lowest BCUT2D eigenvalue weighted by Crippen LogP contribution is -1.91. The summed E-state index contributed by atoms with van der Waals surface area (Å²) in [6, 6.07) is 9.86. The van der Waals surface area contributed by atoms with E-state index in [2.05, 4.69) is 11.1 Å². The van der Waals surface area contributed by atoms with Crippen molar-refractivity contribution in [2.45, 2.75) is 10.9 Å². The molecule has 0 saturated carbocycles. The summed E-state index contributed by atoms with van der Waals surface area (Å²) in [5, 5.41) is 9.92. The zero-order valence-corrected chi connectivity index (χ0v) is 9.74. The molecule has 1 heterocycles. The molecule has 0 atom stereocenters. The van der Waals surface area contributed by atoms with Crippen LogP contribution >= 0.6 is 11.8 Å². The smallest absolute Gasteiger partial charge is 0.167 e. The molecule has 2 aromatic rings. The van der Waals surface area contributed by atoms with Gasteiger partial charge in [0.25, 0.3) is 0 Å². The SMILES string of the molecule is Cn1ccnc1SCc1ccccc1C#N. The minimum absolute atomic E-state index is 0.740. The summed E-state index contributed by atoms with van der Waals surface area (Å²) in [5.74, 6) is 0.772. The molecule has 0 fully saturated rings. The van der Waals surface area contributed by atoms with Crippen molar-refractivity contribution in [3.8, 4) is 6.07 Å². The Morgan fingerprint density at radius 2 is 2.25 bits per heavy atom. The van der Waals surface area contributed by atoms with Gasteiger partial charge in [0.2, 0.25) is 0 Å².